The average Bonchev–Trinajstić information content (AvgIpc) is 2.96. The van der Waals surface area contributed by atoms with Crippen LogP contribution in [0, 0.1) is 0 Å². The van der Waals surface area contributed by atoms with Gasteiger partial charge in [0.05, 0.1) is 33.8 Å². The summed E-state index contributed by atoms with van der Waals surface area (Å²) in [4.78, 5) is 17.2. The molecule has 2 aromatic carbocycles. The first kappa shape index (κ1) is 19.8. The van der Waals surface area contributed by atoms with Gasteiger partial charge in [0, 0.05) is 0 Å². The van der Waals surface area contributed by atoms with Gasteiger partial charge in [-0.2, -0.15) is 0 Å². The Balaban J connectivity index is 1.80. The number of thioether (sulfide) groups is 1. The fourth-order valence-electron chi connectivity index (χ4n) is 2.39. The Morgan fingerprint density at radius 1 is 1.30 bits per heavy atom. The third kappa shape index (κ3) is 4.86. The van der Waals surface area contributed by atoms with Gasteiger partial charge in [0.25, 0.3) is 5.91 Å². The highest BCUT2D eigenvalue weighted by atomic mass is 79.9. The van der Waals surface area contributed by atoms with Crippen molar-refractivity contribution < 1.29 is 14.3 Å². The van der Waals surface area contributed by atoms with E-state index in [0.717, 1.165) is 21.5 Å². The van der Waals surface area contributed by atoms with Gasteiger partial charge in [0.15, 0.2) is 10.9 Å². The van der Waals surface area contributed by atoms with Crippen LogP contribution in [-0.2, 0) is 4.79 Å². The van der Waals surface area contributed by atoms with Crippen LogP contribution < -0.4 is 14.8 Å². The minimum atomic E-state index is -0.201. The molecule has 0 atom stereocenters. The fourth-order valence-corrected chi connectivity index (χ4v) is 4.29. The summed E-state index contributed by atoms with van der Waals surface area (Å²) < 4.78 is 11.3. The summed E-state index contributed by atoms with van der Waals surface area (Å²) >= 11 is 10.9. The molecule has 1 N–H and O–H groups in total. The van der Waals surface area contributed by atoms with Gasteiger partial charge in [0.2, 0.25) is 0 Å². The Kier molecular flexibility index (Phi) is 6.46. The number of carbonyl (C=O) groups is 1. The molecular weight excluding hydrogens is 452 g/mol. The first-order valence-electron chi connectivity index (χ1n) is 8.05. The van der Waals surface area contributed by atoms with E-state index in [9.17, 15) is 4.79 Å². The Hall–Kier alpha value is -1.96. The molecule has 0 spiro atoms. The minimum Gasteiger partial charge on any atom is -0.494 e. The van der Waals surface area contributed by atoms with E-state index in [0.29, 0.717) is 27.5 Å². The number of hydrogen-bond donors (Lipinski definition) is 1. The van der Waals surface area contributed by atoms with Crippen molar-refractivity contribution in [3.05, 3.63) is 56.4 Å². The van der Waals surface area contributed by atoms with Crippen molar-refractivity contribution in [3.63, 3.8) is 0 Å². The van der Waals surface area contributed by atoms with Crippen LogP contribution in [0.15, 0.2) is 50.8 Å². The molecular formula is C19H16BrClN2O3S. The molecule has 1 fully saturated rings. The highest BCUT2D eigenvalue weighted by molar-refractivity contribution is 9.10. The summed E-state index contributed by atoms with van der Waals surface area (Å²) in [6.45, 7) is 2.54. The zero-order chi connectivity index (χ0) is 19.4. The maximum absolute atomic E-state index is 12.2. The highest BCUT2D eigenvalue weighted by Crippen LogP contribution is 2.36. The second-order valence-corrected chi connectivity index (χ2v) is 7.72. The van der Waals surface area contributed by atoms with Gasteiger partial charge in [-0.3, -0.25) is 4.79 Å². The van der Waals surface area contributed by atoms with Crippen molar-refractivity contribution in [2.45, 2.75) is 6.92 Å². The van der Waals surface area contributed by atoms with Gasteiger partial charge in [-0.25, -0.2) is 4.99 Å². The van der Waals surface area contributed by atoms with Crippen LogP contribution in [0.1, 0.15) is 12.5 Å². The third-order valence-electron chi connectivity index (χ3n) is 3.55. The van der Waals surface area contributed by atoms with E-state index < -0.39 is 0 Å². The number of nitrogens with one attached hydrogen (secondary N) is 1. The molecule has 3 rings (SSSR count). The molecule has 27 heavy (non-hydrogen) atoms. The van der Waals surface area contributed by atoms with E-state index >= 15 is 0 Å². The Bertz CT molecular complexity index is 906. The molecule has 140 valence electrons. The third-order valence-corrected chi connectivity index (χ3v) is 5.33. The molecule has 0 radical (unpaired) electrons. The number of carbonyl (C=O) groups excluding carboxylic acids is 1. The molecule has 1 saturated heterocycles. The monoisotopic (exact) mass is 466 g/mol. The maximum atomic E-state index is 12.2. The maximum Gasteiger partial charge on any atom is 0.264 e. The van der Waals surface area contributed by atoms with Crippen molar-refractivity contribution >= 4 is 62.1 Å². The number of amidine groups is 1. The summed E-state index contributed by atoms with van der Waals surface area (Å²) in [5.74, 6) is 1.14. The summed E-state index contributed by atoms with van der Waals surface area (Å²) in [6.07, 6.45) is 1.76. The van der Waals surface area contributed by atoms with Crippen LogP contribution in [0.2, 0.25) is 5.02 Å². The predicted molar refractivity (Wildman–Crippen MR) is 114 cm³/mol. The van der Waals surface area contributed by atoms with Crippen LogP contribution in [-0.4, -0.2) is 24.8 Å². The van der Waals surface area contributed by atoms with E-state index in [1.807, 2.05) is 37.3 Å². The molecule has 2 aromatic rings. The van der Waals surface area contributed by atoms with E-state index in [1.165, 1.54) is 11.8 Å². The van der Waals surface area contributed by atoms with Crippen molar-refractivity contribution in [2.24, 2.45) is 4.99 Å². The highest BCUT2D eigenvalue weighted by Gasteiger charge is 2.24. The number of methoxy groups -OCH3 is 1. The van der Waals surface area contributed by atoms with Crippen molar-refractivity contribution in [3.8, 4) is 11.5 Å². The number of hydrogen-bond acceptors (Lipinski definition) is 5. The summed E-state index contributed by atoms with van der Waals surface area (Å²) in [5.41, 5.74) is 1.52. The number of benzene rings is 2. The lowest BCUT2D eigenvalue weighted by molar-refractivity contribution is -0.115. The topological polar surface area (TPSA) is 59.9 Å². The minimum absolute atomic E-state index is 0.201. The van der Waals surface area contributed by atoms with E-state index in [-0.39, 0.29) is 5.91 Å². The SMILES string of the molecule is CCOc1ccc(N=C2NC(=O)/C(=C\c3cc(Cl)c(OC)c(Br)c3)S2)cc1. The average molecular weight is 468 g/mol. The number of amides is 1. The Morgan fingerprint density at radius 3 is 2.67 bits per heavy atom. The smallest absolute Gasteiger partial charge is 0.264 e. The second kappa shape index (κ2) is 8.82. The van der Waals surface area contributed by atoms with Gasteiger partial charge in [-0.15, -0.1) is 0 Å². The molecule has 1 aliphatic heterocycles. The molecule has 0 unspecified atom stereocenters. The van der Waals surface area contributed by atoms with Gasteiger partial charge in [-0.1, -0.05) is 11.6 Å². The van der Waals surface area contributed by atoms with Crippen LogP contribution in [0.3, 0.4) is 0 Å². The lowest BCUT2D eigenvalue weighted by Crippen LogP contribution is -2.19. The quantitative estimate of drug-likeness (QED) is 0.598. The van der Waals surface area contributed by atoms with Crippen molar-refractivity contribution in [2.75, 3.05) is 13.7 Å². The van der Waals surface area contributed by atoms with Gasteiger partial charge >= 0.3 is 0 Å². The Morgan fingerprint density at radius 2 is 2.04 bits per heavy atom. The van der Waals surface area contributed by atoms with Gasteiger partial charge in [0.1, 0.15) is 5.75 Å². The molecule has 0 saturated carbocycles. The summed E-state index contributed by atoms with van der Waals surface area (Å²) in [7, 11) is 1.55. The van der Waals surface area contributed by atoms with Crippen LogP contribution >= 0.6 is 39.3 Å². The predicted octanol–water partition coefficient (Wildman–Crippen LogP) is 5.40. The fraction of sp³-hybridized carbons (Fsp3) is 0.158. The van der Waals surface area contributed by atoms with Crippen LogP contribution in [0.5, 0.6) is 11.5 Å². The number of nitrogens with zero attached hydrogens (tertiary/aromatic N) is 1. The number of aliphatic imine (C=N–C) groups is 1. The normalized spacial score (nSPS) is 16.7. The van der Waals surface area contributed by atoms with Crippen molar-refractivity contribution in [1.82, 2.24) is 5.32 Å². The summed E-state index contributed by atoms with van der Waals surface area (Å²) in [5, 5.41) is 3.75. The molecule has 0 aromatic heterocycles. The zero-order valence-electron chi connectivity index (χ0n) is 14.6. The van der Waals surface area contributed by atoms with Crippen LogP contribution in [0.25, 0.3) is 6.08 Å². The lowest BCUT2D eigenvalue weighted by atomic mass is 10.2. The first-order chi connectivity index (χ1) is 13.0. The molecule has 0 bridgehead atoms. The standard InChI is InChI=1S/C19H16BrClN2O3S/c1-3-26-13-6-4-12(5-7-13)22-19-23-18(24)16(27-19)10-11-8-14(20)17(25-2)15(21)9-11/h4-10H,3H2,1-2H3,(H,22,23,24)/b16-10+. The second-order valence-electron chi connectivity index (χ2n) is 5.43. The van der Waals surface area contributed by atoms with Crippen molar-refractivity contribution in [1.29, 1.82) is 0 Å². The van der Waals surface area contributed by atoms with E-state index in [4.69, 9.17) is 21.1 Å². The zero-order valence-corrected chi connectivity index (χ0v) is 17.7. The molecule has 0 aliphatic carbocycles. The molecule has 5 nitrogen and oxygen atoms in total. The molecule has 1 heterocycles. The molecule has 8 heteroatoms. The molecule has 1 aliphatic rings. The molecule has 1 amide bonds. The van der Waals surface area contributed by atoms with E-state index in [1.54, 1.807) is 19.3 Å². The first-order valence-corrected chi connectivity index (χ1v) is 10.0. The number of ether oxygens (including phenoxy) is 2. The summed E-state index contributed by atoms with van der Waals surface area (Å²) in [6, 6.07) is 11.0. The largest absolute Gasteiger partial charge is 0.494 e. The number of rotatable bonds is 5. The number of halogens is 2. The van der Waals surface area contributed by atoms with Gasteiger partial charge < -0.3 is 14.8 Å². The Labute approximate surface area is 174 Å². The van der Waals surface area contributed by atoms with Gasteiger partial charge in [-0.05, 0) is 82.7 Å². The van der Waals surface area contributed by atoms with Crippen LogP contribution in [0.4, 0.5) is 5.69 Å². The lowest BCUT2D eigenvalue weighted by Gasteiger charge is -2.07. The van der Waals surface area contributed by atoms with E-state index in [2.05, 4.69) is 26.2 Å².